The van der Waals surface area contributed by atoms with Crippen LogP contribution in [0.15, 0.2) is 78.9 Å². The topological polar surface area (TPSA) is 12.9 Å². The minimum atomic E-state index is 1.06. The second-order valence-electron chi connectivity index (χ2n) is 5.65. The van der Waals surface area contributed by atoms with Crippen molar-refractivity contribution in [2.24, 2.45) is 0 Å². The molecule has 0 atom stereocenters. The van der Waals surface area contributed by atoms with Crippen LogP contribution in [0.1, 0.15) is 0 Å². The first-order valence-corrected chi connectivity index (χ1v) is 8.49. The molecule has 0 spiro atoms. The van der Waals surface area contributed by atoms with E-state index in [0.717, 1.165) is 11.2 Å². The van der Waals surface area contributed by atoms with Crippen molar-refractivity contribution in [3.8, 4) is 11.3 Å². The maximum Gasteiger partial charge on any atom is 0.0888 e. The molecule has 2 aromatic heterocycles. The molecule has 2 heterocycles. The number of nitrogens with zero attached hydrogens (tertiary/aromatic N) is 1. The van der Waals surface area contributed by atoms with Gasteiger partial charge in [0.15, 0.2) is 0 Å². The monoisotopic (exact) mass is 311 g/mol. The number of para-hydroxylation sites is 1. The Morgan fingerprint density at radius 1 is 0.652 bits per heavy atom. The molecule has 0 amide bonds. The van der Waals surface area contributed by atoms with Crippen molar-refractivity contribution in [2.45, 2.75) is 0 Å². The zero-order valence-electron chi connectivity index (χ0n) is 12.4. The summed E-state index contributed by atoms with van der Waals surface area (Å²) in [6.07, 6.45) is 0. The number of benzene rings is 3. The summed E-state index contributed by atoms with van der Waals surface area (Å²) in [6, 6.07) is 27.6. The highest BCUT2D eigenvalue weighted by Gasteiger charge is 2.15. The number of hydrogen-bond acceptors (Lipinski definition) is 2. The van der Waals surface area contributed by atoms with Crippen LogP contribution < -0.4 is 0 Å². The van der Waals surface area contributed by atoms with Gasteiger partial charge in [-0.15, -0.1) is 11.3 Å². The highest BCUT2D eigenvalue weighted by molar-refractivity contribution is 7.26. The fraction of sp³-hybridized carbons (Fsp3) is 0. The lowest BCUT2D eigenvalue weighted by Crippen LogP contribution is -1.86. The van der Waals surface area contributed by atoms with Crippen molar-refractivity contribution in [1.82, 2.24) is 4.98 Å². The molecule has 1 nitrogen and oxygen atoms in total. The summed E-state index contributed by atoms with van der Waals surface area (Å²) in [5.41, 5.74) is 3.32. The maximum atomic E-state index is 4.98. The highest BCUT2D eigenvalue weighted by Crippen LogP contribution is 2.42. The van der Waals surface area contributed by atoms with E-state index in [1.165, 1.54) is 31.1 Å². The van der Waals surface area contributed by atoms with Gasteiger partial charge >= 0.3 is 0 Å². The van der Waals surface area contributed by atoms with Crippen LogP contribution in [0.2, 0.25) is 0 Å². The molecule has 0 aliphatic rings. The van der Waals surface area contributed by atoms with Crippen LogP contribution in [0.3, 0.4) is 0 Å². The van der Waals surface area contributed by atoms with Crippen LogP contribution in [0.25, 0.3) is 42.3 Å². The maximum absolute atomic E-state index is 4.98. The number of hydrogen-bond donors (Lipinski definition) is 0. The Bertz CT molecular complexity index is 1160. The fourth-order valence-electron chi connectivity index (χ4n) is 3.23. The summed E-state index contributed by atoms with van der Waals surface area (Å²) in [5, 5.41) is 3.89. The molecule has 0 N–H and O–H groups in total. The van der Waals surface area contributed by atoms with E-state index in [1.54, 1.807) is 0 Å². The Morgan fingerprint density at radius 3 is 2.22 bits per heavy atom. The quantitative estimate of drug-likeness (QED) is 0.355. The molecule has 0 saturated carbocycles. The first-order valence-electron chi connectivity index (χ1n) is 7.67. The third kappa shape index (κ3) is 1.89. The smallest absolute Gasteiger partial charge is 0.0888 e. The predicted octanol–water partition coefficient (Wildman–Crippen LogP) is 6.27. The van der Waals surface area contributed by atoms with E-state index < -0.39 is 0 Å². The van der Waals surface area contributed by atoms with Gasteiger partial charge in [0.2, 0.25) is 0 Å². The third-order valence-corrected chi connectivity index (χ3v) is 5.44. The van der Waals surface area contributed by atoms with Crippen molar-refractivity contribution in [1.29, 1.82) is 0 Å². The largest absolute Gasteiger partial charge is 0.246 e. The Morgan fingerprint density at radius 2 is 1.35 bits per heavy atom. The normalized spacial score (nSPS) is 11.5. The van der Waals surface area contributed by atoms with E-state index >= 15 is 0 Å². The van der Waals surface area contributed by atoms with Gasteiger partial charge in [-0.05, 0) is 12.1 Å². The van der Waals surface area contributed by atoms with E-state index in [4.69, 9.17) is 4.98 Å². The number of rotatable bonds is 1. The van der Waals surface area contributed by atoms with Gasteiger partial charge in [-0.1, -0.05) is 66.7 Å². The number of thiophene rings is 1. The molecule has 0 aliphatic carbocycles. The first-order chi connectivity index (χ1) is 11.4. The summed E-state index contributed by atoms with van der Waals surface area (Å²) >= 11 is 1.84. The Hall–Kier alpha value is -2.71. The molecule has 0 saturated heterocycles. The van der Waals surface area contributed by atoms with E-state index in [-0.39, 0.29) is 0 Å². The fourth-order valence-corrected chi connectivity index (χ4v) is 4.45. The molecular weight excluding hydrogens is 298 g/mol. The number of aromatic nitrogens is 1. The lowest BCUT2D eigenvalue weighted by Gasteiger charge is -2.06. The van der Waals surface area contributed by atoms with Crippen LogP contribution in [0, 0.1) is 0 Å². The minimum absolute atomic E-state index is 1.06. The molecule has 0 fully saturated rings. The molecule has 5 rings (SSSR count). The van der Waals surface area contributed by atoms with Crippen molar-refractivity contribution >= 4 is 42.4 Å². The molecule has 0 aliphatic heterocycles. The Balaban J connectivity index is 2.05. The van der Waals surface area contributed by atoms with Crippen molar-refractivity contribution < 1.29 is 0 Å². The minimum Gasteiger partial charge on any atom is -0.246 e. The van der Waals surface area contributed by atoms with Crippen LogP contribution in [0.4, 0.5) is 0 Å². The highest BCUT2D eigenvalue weighted by atomic mass is 32.1. The molecule has 0 radical (unpaired) electrons. The van der Waals surface area contributed by atoms with Gasteiger partial charge in [-0.25, -0.2) is 4.98 Å². The van der Waals surface area contributed by atoms with Crippen LogP contribution >= 0.6 is 11.3 Å². The van der Waals surface area contributed by atoms with E-state index in [1.807, 2.05) is 17.4 Å². The van der Waals surface area contributed by atoms with Gasteiger partial charge in [-0.3, -0.25) is 0 Å². The van der Waals surface area contributed by atoms with Gasteiger partial charge in [0.05, 0.1) is 15.9 Å². The van der Waals surface area contributed by atoms with E-state index in [2.05, 4.69) is 72.8 Å². The molecule has 23 heavy (non-hydrogen) atoms. The van der Waals surface area contributed by atoms with Gasteiger partial charge in [0, 0.05) is 26.4 Å². The van der Waals surface area contributed by atoms with Crippen LogP contribution in [0.5, 0.6) is 0 Å². The van der Waals surface area contributed by atoms with Crippen LogP contribution in [-0.2, 0) is 0 Å². The molecule has 3 aromatic carbocycles. The molecule has 0 bridgehead atoms. The van der Waals surface area contributed by atoms with Gasteiger partial charge in [0.25, 0.3) is 0 Å². The summed E-state index contributed by atoms with van der Waals surface area (Å²) < 4.78 is 2.59. The Kier molecular flexibility index (Phi) is 2.73. The summed E-state index contributed by atoms with van der Waals surface area (Å²) in [6.45, 7) is 0. The van der Waals surface area contributed by atoms with Gasteiger partial charge in [-0.2, -0.15) is 0 Å². The zero-order chi connectivity index (χ0) is 15.2. The average Bonchev–Trinajstić information content (AvgIpc) is 3.01. The predicted molar refractivity (Wildman–Crippen MR) is 100 cm³/mol. The SMILES string of the molecule is c1ccc(-c2nc3ccccc3c3c2sc2ccccc23)cc1. The Labute approximate surface area is 137 Å². The van der Waals surface area contributed by atoms with Crippen molar-refractivity contribution in [3.05, 3.63) is 78.9 Å². The molecule has 2 heteroatoms. The molecular formula is C21H13NS. The van der Waals surface area contributed by atoms with Crippen molar-refractivity contribution in [2.75, 3.05) is 0 Å². The number of pyridine rings is 1. The first kappa shape index (κ1) is 12.8. The van der Waals surface area contributed by atoms with E-state index in [0.29, 0.717) is 0 Å². The van der Waals surface area contributed by atoms with Crippen molar-refractivity contribution in [3.63, 3.8) is 0 Å². The summed E-state index contributed by atoms with van der Waals surface area (Å²) in [5.74, 6) is 0. The molecule has 5 aromatic rings. The molecule has 0 unspecified atom stereocenters. The third-order valence-electron chi connectivity index (χ3n) is 4.26. The lowest BCUT2D eigenvalue weighted by atomic mass is 10.0. The van der Waals surface area contributed by atoms with Gasteiger partial charge < -0.3 is 0 Å². The number of fused-ring (bicyclic) bond motifs is 5. The summed E-state index contributed by atoms with van der Waals surface area (Å²) in [7, 11) is 0. The van der Waals surface area contributed by atoms with Gasteiger partial charge in [0.1, 0.15) is 0 Å². The second kappa shape index (κ2) is 4.90. The van der Waals surface area contributed by atoms with Crippen LogP contribution in [-0.4, -0.2) is 4.98 Å². The molecule has 108 valence electrons. The average molecular weight is 311 g/mol. The zero-order valence-corrected chi connectivity index (χ0v) is 13.2. The lowest BCUT2D eigenvalue weighted by molar-refractivity contribution is 1.44. The standard InChI is InChI=1S/C21H13NS/c1-2-8-14(9-3-1)20-21-19(15-10-4-6-12-17(15)22-20)16-11-5-7-13-18(16)23-21/h1-13H. The summed E-state index contributed by atoms with van der Waals surface area (Å²) in [4.78, 5) is 4.98. The second-order valence-corrected chi connectivity index (χ2v) is 6.70. The van der Waals surface area contributed by atoms with E-state index in [9.17, 15) is 0 Å².